The summed E-state index contributed by atoms with van der Waals surface area (Å²) in [7, 11) is 1.83. The Bertz CT molecular complexity index is 539. The third-order valence-electron chi connectivity index (χ3n) is 2.63. The number of aromatic hydroxyl groups is 1. The van der Waals surface area contributed by atoms with E-state index in [1.165, 1.54) is 0 Å². The molecule has 6 nitrogen and oxygen atoms in total. The number of nitrogens with zero attached hydrogens (tertiary/aromatic N) is 3. The lowest BCUT2D eigenvalue weighted by molar-refractivity contribution is 0.316. The molecule has 1 aromatic heterocycles. The Hall–Kier alpha value is -2.08. The number of aryl methyl sites for hydroxylation is 1. The Balaban J connectivity index is 1.94. The second kappa shape index (κ2) is 6.19. The van der Waals surface area contributed by atoms with Crippen molar-refractivity contribution in [3.63, 3.8) is 0 Å². The Morgan fingerprint density at radius 1 is 1.37 bits per heavy atom. The zero-order valence-electron chi connectivity index (χ0n) is 11.1. The Labute approximate surface area is 112 Å². The molecule has 102 valence electrons. The summed E-state index contributed by atoms with van der Waals surface area (Å²) in [4.78, 5) is 4.12. The molecule has 0 atom stereocenters. The highest BCUT2D eigenvalue weighted by Crippen LogP contribution is 2.29. The van der Waals surface area contributed by atoms with E-state index in [9.17, 15) is 5.11 Å². The molecule has 1 heterocycles. The molecular formula is C13H18N4O2. The zero-order chi connectivity index (χ0) is 13.7. The van der Waals surface area contributed by atoms with E-state index in [0.717, 1.165) is 11.4 Å². The van der Waals surface area contributed by atoms with Gasteiger partial charge in [-0.05, 0) is 13.0 Å². The molecule has 2 N–H and O–H groups in total. The largest absolute Gasteiger partial charge is 0.504 e. The lowest BCUT2D eigenvalue weighted by atomic mass is 10.2. The lowest BCUT2D eigenvalue weighted by Crippen LogP contribution is -2.14. The number of benzene rings is 1. The average Bonchev–Trinajstić information content (AvgIpc) is 2.80. The van der Waals surface area contributed by atoms with Crippen LogP contribution < -0.4 is 10.1 Å². The quantitative estimate of drug-likeness (QED) is 0.818. The number of rotatable bonds is 6. The van der Waals surface area contributed by atoms with E-state index in [1.54, 1.807) is 17.1 Å². The highest BCUT2D eigenvalue weighted by Gasteiger charge is 2.07. The summed E-state index contributed by atoms with van der Waals surface area (Å²) in [6, 6.07) is 5.47. The fourth-order valence-electron chi connectivity index (χ4n) is 1.76. The van der Waals surface area contributed by atoms with Crippen molar-refractivity contribution in [1.29, 1.82) is 0 Å². The van der Waals surface area contributed by atoms with Crippen molar-refractivity contribution < 1.29 is 9.84 Å². The van der Waals surface area contributed by atoms with Crippen molar-refractivity contribution in [2.45, 2.75) is 20.0 Å². The summed E-state index contributed by atoms with van der Waals surface area (Å²) >= 11 is 0. The van der Waals surface area contributed by atoms with E-state index in [0.29, 0.717) is 25.4 Å². The van der Waals surface area contributed by atoms with Crippen molar-refractivity contribution in [2.75, 3.05) is 6.61 Å². The van der Waals surface area contributed by atoms with Crippen molar-refractivity contribution in [3.05, 3.63) is 35.9 Å². The van der Waals surface area contributed by atoms with Gasteiger partial charge in [0.15, 0.2) is 17.3 Å². The third-order valence-corrected chi connectivity index (χ3v) is 2.63. The van der Waals surface area contributed by atoms with Crippen molar-refractivity contribution >= 4 is 0 Å². The van der Waals surface area contributed by atoms with Gasteiger partial charge in [0.05, 0.1) is 13.2 Å². The maximum Gasteiger partial charge on any atom is 0.164 e. The summed E-state index contributed by atoms with van der Waals surface area (Å²) < 4.78 is 7.00. The van der Waals surface area contributed by atoms with E-state index < -0.39 is 0 Å². The average molecular weight is 262 g/mol. The SMILES string of the molecule is CCOc1cccc(CNCc2ncn(C)n2)c1O. The van der Waals surface area contributed by atoms with Crippen LogP contribution in [0.4, 0.5) is 0 Å². The molecule has 0 unspecified atom stereocenters. The number of ether oxygens (including phenoxy) is 1. The molecule has 0 fully saturated rings. The minimum Gasteiger partial charge on any atom is -0.504 e. The first-order valence-corrected chi connectivity index (χ1v) is 6.19. The Morgan fingerprint density at radius 2 is 2.21 bits per heavy atom. The van der Waals surface area contributed by atoms with E-state index >= 15 is 0 Å². The van der Waals surface area contributed by atoms with Crippen molar-refractivity contribution in [3.8, 4) is 11.5 Å². The topological polar surface area (TPSA) is 72.2 Å². The summed E-state index contributed by atoms with van der Waals surface area (Å²) in [5.41, 5.74) is 0.793. The van der Waals surface area contributed by atoms with E-state index in [2.05, 4.69) is 15.4 Å². The molecule has 0 saturated heterocycles. The minimum atomic E-state index is 0.186. The fourth-order valence-corrected chi connectivity index (χ4v) is 1.76. The van der Waals surface area contributed by atoms with Crippen LogP contribution in [0.2, 0.25) is 0 Å². The van der Waals surface area contributed by atoms with Gasteiger partial charge in [0.25, 0.3) is 0 Å². The van der Waals surface area contributed by atoms with Crippen LogP contribution in [0.3, 0.4) is 0 Å². The van der Waals surface area contributed by atoms with E-state index in [4.69, 9.17) is 4.74 Å². The molecule has 0 bridgehead atoms. The predicted molar refractivity (Wildman–Crippen MR) is 70.8 cm³/mol. The maximum absolute atomic E-state index is 10.0. The molecule has 0 saturated carbocycles. The van der Waals surface area contributed by atoms with Crippen LogP contribution in [-0.2, 0) is 20.1 Å². The normalized spacial score (nSPS) is 10.6. The van der Waals surface area contributed by atoms with Gasteiger partial charge >= 0.3 is 0 Å². The summed E-state index contributed by atoms with van der Waals surface area (Å²) in [5, 5.41) is 17.4. The first-order chi connectivity index (χ1) is 9.20. The first-order valence-electron chi connectivity index (χ1n) is 6.19. The van der Waals surface area contributed by atoms with Crippen LogP contribution in [0.1, 0.15) is 18.3 Å². The molecule has 0 aliphatic carbocycles. The number of para-hydroxylation sites is 1. The molecular weight excluding hydrogens is 244 g/mol. The van der Waals surface area contributed by atoms with Gasteiger partial charge in [-0.1, -0.05) is 12.1 Å². The van der Waals surface area contributed by atoms with Gasteiger partial charge in [-0.3, -0.25) is 4.68 Å². The number of aromatic nitrogens is 3. The monoisotopic (exact) mass is 262 g/mol. The number of hydrogen-bond acceptors (Lipinski definition) is 5. The summed E-state index contributed by atoms with van der Waals surface area (Å²) in [6.07, 6.45) is 1.66. The summed E-state index contributed by atoms with van der Waals surface area (Å²) in [5.74, 6) is 1.42. The number of nitrogens with one attached hydrogen (secondary N) is 1. The molecule has 0 spiro atoms. The lowest BCUT2D eigenvalue weighted by Gasteiger charge is -2.10. The number of phenolic OH excluding ortho intramolecular Hbond substituents is 1. The molecule has 2 aromatic rings. The van der Waals surface area contributed by atoms with Gasteiger partial charge < -0.3 is 15.2 Å². The Morgan fingerprint density at radius 3 is 2.89 bits per heavy atom. The standard InChI is InChI=1S/C13H18N4O2/c1-3-19-11-6-4-5-10(13(11)18)7-14-8-12-15-9-17(2)16-12/h4-6,9,14,18H,3,7-8H2,1-2H3. The van der Waals surface area contributed by atoms with Gasteiger partial charge in [-0.2, -0.15) is 5.10 Å². The maximum atomic E-state index is 10.0. The van der Waals surface area contributed by atoms with Crippen LogP contribution in [-0.4, -0.2) is 26.5 Å². The minimum absolute atomic E-state index is 0.186. The van der Waals surface area contributed by atoms with Crippen LogP contribution in [0.15, 0.2) is 24.5 Å². The van der Waals surface area contributed by atoms with Gasteiger partial charge in [0.2, 0.25) is 0 Å². The van der Waals surface area contributed by atoms with E-state index in [1.807, 2.05) is 26.1 Å². The summed E-state index contributed by atoms with van der Waals surface area (Å²) in [6.45, 7) is 3.50. The second-order valence-corrected chi connectivity index (χ2v) is 4.13. The molecule has 0 radical (unpaired) electrons. The zero-order valence-corrected chi connectivity index (χ0v) is 11.1. The second-order valence-electron chi connectivity index (χ2n) is 4.13. The third kappa shape index (κ3) is 3.45. The van der Waals surface area contributed by atoms with Crippen LogP contribution in [0.25, 0.3) is 0 Å². The first kappa shape index (κ1) is 13.4. The number of phenols is 1. The molecule has 6 heteroatoms. The Kier molecular flexibility index (Phi) is 4.35. The van der Waals surface area contributed by atoms with Crippen LogP contribution in [0.5, 0.6) is 11.5 Å². The van der Waals surface area contributed by atoms with Crippen molar-refractivity contribution in [2.24, 2.45) is 7.05 Å². The smallest absolute Gasteiger partial charge is 0.164 e. The van der Waals surface area contributed by atoms with Crippen molar-refractivity contribution in [1.82, 2.24) is 20.1 Å². The molecule has 2 rings (SSSR count). The van der Waals surface area contributed by atoms with Gasteiger partial charge in [-0.25, -0.2) is 4.98 Å². The molecule has 0 aliphatic heterocycles. The van der Waals surface area contributed by atoms with Gasteiger partial charge in [0, 0.05) is 19.2 Å². The predicted octanol–water partition coefficient (Wildman–Crippen LogP) is 1.21. The fraction of sp³-hybridized carbons (Fsp3) is 0.385. The highest BCUT2D eigenvalue weighted by atomic mass is 16.5. The molecule has 19 heavy (non-hydrogen) atoms. The van der Waals surface area contributed by atoms with Crippen LogP contribution >= 0.6 is 0 Å². The molecule has 0 aliphatic rings. The molecule has 1 aromatic carbocycles. The molecule has 0 amide bonds. The highest BCUT2D eigenvalue weighted by molar-refractivity contribution is 5.45. The van der Waals surface area contributed by atoms with Gasteiger partial charge in [-0.15, -0.1) is 0 Å². The van der Waals surface area contributed by atoms with E-state index in [-0.39, 0.29) is 5.75 Å². The number of hydrogen-bond donors (Lipinski definition) is 2. The van der Waals surface area contributed by atoms with Gasteiger partial charge in [0.1, 0.15) is 6.33 Å². The van der Waals surface area contributed by atoms with Crippen LogP contribution in [0, 0.1) is 0 Å².